The van der Waals surface area contributed by atoms with Crippen molar-refractivity contribution in [3.05, 3.63) is 53.3 Å². The van der Waals surface area contributed by atoms with Crippen molar-refractivity contribution in [2.45, 2.75) is 13.8 Å². The number of fused-ring (bicyclic) bond motifs is 1. The Hall–Kier alpha value is -3.55. The van der Waals surface area contributed by atoms with E-state index in [-0.39, 0.29) is 11.6 Å². The molecule has 0 saturated heterocycles. The first-order valence-electron chi connectivity index (χ1n) is 7.88. The molecular formula is C18H18N4O4. The molecule has 0 bridgehead atoms. The lowest BCUT2D eigenvalue weighted by atomic mass is 10.2. The molecule has 0 atom stereocenters. The van der Waals surface area contributed by atoms with Gasteiger partial charge in [-0.25, -0.2) is 14.1 Å². The lowest BCUT2D eigenvalue weighted by Gasteiger charge is -2.12. The smallest absolute Gasteiger partial charge is 0.337 e. The van der Waals surface area contributed by atoms with Gasteiger partial charge >= 0.3 is 12.0 Å². The quantitative estimate of drug-likeness (QED) is 0.667. The maximum absolute atomic E-state index is 11.4. The molecule has 1 aromatic carbocycles. The van der Waals surface area contributed by atoms with Crippen LogP contribution in [0.2, 0.25) is 0 Å². The number of aromatic nitrogens is 2. The van der Waals surface area contributed by atoms with Crippen LogP contribution in [0.3, 0.4) is 0 Å². The van der Waals surface area contributed by atoms with Crippen LogP contribution < -0.4 is 15.4 Å². The molecule has 134 valence electrons. The largest absolute Gasteiger partial charge is 0.478 e. The molecule has 0 fully saturated rings. The summed E-state index contributed by atoms with van der Waals surface area (Å²) in [5.41, 5.74) is 2.85. The third-order valence-corrected chi connectivity index (χ3v) is 4.02. The number of anilines is 1. The van der Waals surface area contributed by atoms with Crippen LogP contribution in [-0.2, 0) is 0 Å². The van der Waals surface area contributed by atoms with Crippen molar-refractivity contribution < 1.29 is 19.4 Å². The van der Waals surface area contributed by atoms with Gasteiger partial charge in [-0.3, -0.25) is 0 Å². The number of amides is 2. The van der Waals surface area contributed by atoms with Gasteiger partial charge in [-0.1, -0.05) is 0 Å². The first kappa shape index (κ1) is 17.3. The van der Waals surface area contributed by atoms with Gasteiger partial charge in [-0.15, -0.1) is 0 Å². The zero-order chi connectivity index (χ0) is 18.8. The van der Waals surface area contributed by atoms with Gasteiger partial charge in [0.05, 0.1) is 11.8 Å². The number of hydrogen-bond donors (Lipinski definition) is 3. The molecule has 2 amide bonds. The zero-order valence-electron chi connectivity index (χ0n) is 14.5. The summed E-state index contributed by atoms with van der Waals surface area (Å²) < 4.78 is 7.44. The SMILES string of the molecule is CNC(=O)Nc1ccc(Oc2ccnn3cc(C(=O)O)c(C)c23)cc1C. The van der Waals surface area contributed by atoms with Crippen LogP contribution in [-0.4, -0.2) is 33.8 Å². The van der Waals surface area contributed by atoms with E-state index in [0.717, 1.165) is 5.56 Å². The normalized spacial score (nSPS) is 10.6. The van der Waals surface area contributed by atoms with Crippen LogP contribution in [0.4, 0.5) is 10.5 Å². The summed E-state index contributed by atoms with van der Waals surface area (Å²) in [6, 6.07) is 6.64. The second kappa shape index (κ2) is 6.75. The topological polar surface area (TPSA) is 105 Å². The summed E-state index contributed by atoms with van der Waals surface area (Å²) in [5, 5.41) is 18.6. The number of carboxylic acid groups (broad SMARTS) is 1. The first-order valence-corrected chi connectivity index (χ1v) is 7.88. The molecule has 3 N–H and O–H groups in total. The fourth-order valence-electron chi connectivity index (χ4n) is 2.67. The number of ether oxygens (including phenoxy) is 1. The number of carbonyl (C=O) groups is 2. The number of carboxylic acids is 1. The van der Waals surface area contributed by atoms with E-state index in [9.17, 15) is 14.7 Å². The number of rotatable bonds is 4. The Bertz CT molecular complexity index is 1010. The minimum atomic E-state index is -1.01. The molecule has 2 aromatic heterocycles. The van der Waals surface area contributed by atoms with Crippen LogP contribution >= 0.6 is 0 Å². The van der Waals surface area contributed by atoms with Gasteiger partial charge in [-0.05, 0) is 43.2 Å². The highest BCUT2D eigenvalue weighted by molar-refractivity contribution is 5.93. The number of hydrogen-bond acceptors (Lipinski definition) is 4. The fourth-order valence-corrected chi connectivity index (χ4v) is 2.67. The Morgan fingerprint density at radius 1 is 1.23 bits per heavy atom. The second-order valence-electron chi connectivity index (χ2n) is 5.74. The van der Waals surface area contributed by atoms with Crippen molar-refractivity contribution in [2.75, 3.05) is 12.4 Å². The zero-order valence-corrected chi connectivity index (χ0v) is 14.5. The molecule has 0 radical (unpaired) electrons. The summed E-state index contributed by atoms with van der Waals surface area (Å²) >= 11 is 0. The minimum absolute atomic E-state index is 0.176. The Morgan fingerprint density at radius 3 is 2.65 bits per heavy atom. The number of carbonyl (C=O) groups excluding carboxylic acids is 1. The molecule has 0 aliphatic heterocycles. The third-order valence-electron chi connectivity index (χ3n) is 4.02. The molecule has 0 spiro atoms. The average Bonchev–Trinajstić information content (AvgIpc) is 2.95. The monoisotopic (exact) mass is 354 g/mol. The van der Waals surface area contributed by atoms with Gasteiger partial charge in [0.1, 0.15) is 11.3 Å². The number of nitrogens with zero attached hydrogens (tertiary/aromatic N) is 2. The highest BCUT2D eigenvalue weighted by atomic mass is 16.5. The minimum Gasteiger partial charge on any atom is -0.478 e. The summed E-state index contributed by atoms with van der Waals surface area (Å²) in [4.78, 5) is 22.8. The van der Waals surface area contributed by atoms with E-state index in [0.29, 0.717) is 28.3 Å². The van der Waals surface area contributed by atoms with E-state index in [1.165, 1.54) is 10.7 Å². The lowest BCUT2D eigenvalue weighted by Crippen LogP contribution is -2.24. The van der Waals surface area contributed by atoms with E-state index < -0.39 is 5.97 Å². The third kappa shape index (κ3) is 3.16. The molecule has 3 aromatic rings. The van der Waals surface area contributed by atoms with Crippen molar-refractivity contribution >= 4 is 23.2 Å². The molecule has 0 aliphatic rings. The van der Waals surface area contributed by atoms with E-state index >= 15 is 0 Å². The second-order valence-corrected chi connectivity index (χ2v) is 5.74. The maximum Gasteiger partial charge on any atom is 0.337 e. The van der Waals surface area contributed by atoms with Crippen LogP contribution in [0, 0.1) is 13.8 Å². The van der Waals surface area contributed by atoms with Crippen LogP contribution in [0.1, 0.15) is 21.5 Å². The summed E-state index contributed by atoms with van der Waals surface area (Å²) in [7, 11) is 1.54. The van der Waals surface area contributed by atoms with Crippen LogP contribution in [0.15, 0.2) is 36.7 Å². The molecule has 0 unspecified atom stereocenters. The molecular weight excluding hydrogens is 336 g/mol. The maximum atomic E-state index is 11.4. The first-order chi connectivity index (χ1) is 12.4. The predicted molar refractivity (Wildman–Crippen MR) is 96.2 cm³/mol. The number of urea groups is 1. The van der Waals surface area contributed by atoms with Gasteiger partial charge in [-0.2, -0.15) is 5.10 Å². The molecule has 3 rings (SSSR count). The van der Waals surface area contributed by atoms with Gasteiger partial charge in [0, 0.05) is 25.0 Å². The Kier molecular flexibility index (Phi) is 4.49. The molecule has 8 heteroatoms. The van der Waals surface area contributed by atoms with E-state index in [4.69, 9.17) is 4.74 Å². The van der Waals surface area contributed by atoms with Crippen molar-refractivity contribution in [3.8, 4) is 11.5 Å². The number of benzene rings is 1. The molecule has 26 heavy (non-hydrogen) atoms. The number of aromatic carboxylic acids is 1. The van der Waals surface area contributed by atoms with Crippen molar-refractivity contribution in [3.63, 3.8) is 0 Å². The van der Waals surface area contributed by atoms with Gasteiger partial charge < -0.3 is 20.5 Å². The standard InChI is InChI=1S/C18H18N4O4/c1-10-8-12(4-5-14(10)21-18(25)19-3)26-15-6-7-20-22-9-13(17(23)24)11(2)16(15)22/h4-9H,1-3H3,(H,23,24)(H2,19,21,25). The van der Waals surface area contributed by atoms with Gasteiger partial charge in [0.25, 0.3) is 0 Å². The lowest BCUT2D eigenvalue weighted by molar-refractivity contribution is 0.0696. The van der Waals surface area contributed by atoms with Gasteiger partial charge in [0.2, 0.25) is 0 Å². The van der Waals surface area contributed by atoms with Crippen molar-refractivity contribution in [2.24, 2.45) is 0 Å². The van der Waals surface area contributed by atoms with Crippen molar-refractivity contribution in [1.82, 2.24) is 14.9 Å². The highest BCUT2D eigenvalue weighted by Crippen LogP contribution is 2.31. The van der Waals surface area contributed by atoms with E-state index in [2.05, 4.69) is 15.7 Å². The van der Waals surface area contributed by atoms with E-state index in [1.807, 2.05) is 6.92 Å². The van der Waals surface area contributed by atoms with Crippen LogP contribution in [0.5, 0.6) is 11.5 Å². The van der Waals surface area contributed by atoms with Gasteiger partial charge in [0.15, 0.2) is 5.75 Å². The molecule has 2 heterocycles. The Morgan fingerprint density at radius 2 is 2.00 bits per heavy atom. The fraction of sp³-hybridized carbons (Fsp3) is 0.167. The summed E-state index contributed by atoms with van der Waals surface area (Å²) in [6.07, 6.45) is 3.00. The predicted octanol–water partition coefficient (Wildman–Crippen LogP) is 3.19. The van der Waals surface area contributed by atoms with E-state index in [1.54, 1.807) is 44.4 Å². The number of nitrogens with one attached hydrogen (secondary N) is 2. The molecule has 8 nitrogen and oxygen atoms in total. The Balaban J connectivity index is 1.95. The average molecular weight is 354 g/mol. The summed E-state index contributed by atoms with van der Waals surface area (Å²) in [6.45, 7) is 3.57. The highest BCUT2D eigenvalue weighted by Gasteiger charge is 2.17. The van der Waals surface area contributed by atoms with Crippen molar-refractivity contribution in [1.29, 1.82) is 0 Å². The molecule has 0 saturated carbocycles. The Labute approximate surface area is 149 Å². The summed E-state index contributed by atoms with van der Waals surface area (Å²) in [5.74, 6) is 0.0476. The van der Waals surface area contributed by atoms with Crippen LogP contribution in [0.25, 0.3) is 5.52 Å². The molecule has 0 aliphatic carbocycles. The number of aryl methyl sites for hydroxylation is 2.